The van der Waals surface area contributed by atoms with Gasteiger partial charge in [-0.3, -0.25) is 0 Å². The molecule has 1 rings (SSSR count). The number of aliphatic hydroxyl groups excluding tert-OH is 2. The summed E-state index contributed by atoms with van der Waals surface area (Å²) in [5, 5.41) is 19.9. The molecule has 1 heterocycles. The molecule has 0 saturated heterocycles. The molecule has 0 bridgehead atoms. The second kappa shape index (κ2) is 6.06. The molecule has 0 fully saturated rings. The predicted molar refractivity (Wildman–Crippen MR) is 63.0 cm³/mol. The van der Waals surface area contributed by atoms with Crippen LogP contribution in [-0.4, -0.2) is 16.8 Å². The van der Waals surface area contributed by atoms with Gasteiger partial charge in [0.1, 0.15) is 11.9 Å². The summed E-state index contributed by atoms with van der Waals surface area (Å²) < 4.78 is 5.22. The van der Waals surface area contributed by atoms with Gasteiger partial charge >= 0.3 is 0 Å². The van der Waals surface area contributed by atoms with Crippen LogP contribution in [0.15, 0.2) is 22.8 Å². The van der Waals surface area contributed by atoms with Gasteiger partial charge in [0, 0.05) is 5.41 Å². The fourth-order valence-corrected chi connectivity index (χ4v) is 2.06. The van der Waals surface area contributed by atoms with Crippen LogP contribution >= 0.6 is 0 Å². The molecular weight excluding hydrogens is 204 g/mol. The molecule has 16 heavy (non-hydrogen) atoms. The van der Waals surface area contributed by atoms with E-state index in [1.807, 2.05) is 6.92 Å². The van der Waals surface area contributed by atoms with Crippen molar-refractivity contribution in [3.05, 3.63) is 24.2 Å². The molecule has 1 aromatic rings. The van der Waals surface area contributed by atoms with Crippen molar-refractivity contribution in [2.45, 2.75) is 45.6 Å². The van der Waals surface area contributed by atoms with Gasteiger partial charge in [0.25, 0.3) is 0 Å². The lowest BCUT2D eigenvalue weighted by molar-refractivity contribution is -0.0413. The van der Waals surface area contributed by atoms with Crippen molar-refractivity contribution in [2.75, 3.05) is 6.61 Å². The second-order valence-corrected chi connectivity index (χ2v) is 4.40. The van der Waals surface area contributed by atoms with E-state index in [1.54, 1.807) is 18.4 Å². The van der Waals surface area contributed by atoms with Crippen molar-refractivity contribution in [1.82, 2.24) is 0 Å². The summed E-state index contributed by atoms with van der Waals surface area (Å²) in [6, 6.07) is 3.52. The maximum Gasteiger partial charge on any atom is 0.132 e. The molecular formula is C13H22O3. The summed E-state index contributed by atoms with van der Waals surface area (Å²) in [6.45, 7) is 4.10. The highest BCUT2D eigenvalue weighted by molar-refractivity contribution is 5.06. The SMILES string of the molecule is CCCCC(CC)(CO)C(O)c1ccco1. The number of aliphatic hydroxyl groups is 2. The Balaban J connectivity index is 2.83. The van der Waals surface area contributed by atoms with Crippen LogP contribution in [0.25, 0.3) is 0 Å². The Hall–Kier alpha value is -0.800. The van der Waals surface area contributed by atoms with Gasteiger partial charge in [-0.15, -0.1) is 0 Å². The van der Waals surface area contributed by atoms with Crippen LogP contribution in [-0.2, 0) is 0 Å². The number of rotatable bonds is 7. The van der Waals surface area contributed by atoms with Crippen molar-refractivity contribution in [1.29, 1.82) is 0 Å². The van der Waals surface area contributed by atoms with Crippen molar-refractivity contribution in [3.63, 3.8) is 0 Å². The minimum absolute atomic E-state index is 0.00856. The largest absolute Gasteiger partial charge is 0.467 e. The Kier molecular flexibility index (Phi) is 5.03. The van der Waals surface area contributed by atoms with Crippen LogP contribution in [0.3, 0.4) is 0 Å². The van der Waals surface area contributed by atoms with E-state index in [0.717, 1.165) is 25.7 Å². The Morgan fingerprint density at radius 3 is 2.62 bits per heavy atom. The fraction of sp³-hybridized carbons (Fsp3) is 0.692. The molecule has 0 saturated carbocycles. The van der Waals surface area contributed by atoms with Crippen molar-refractivity contribution >= 4 is 0 Å². The quantitative estimate of drug-likeness (QED) is 0.751. The first-order valence-electron chi connectivity index (χ1n) is 6.02. The minimum atomic E-state index is -0.718. The zero-order valence-electron chi connectivity index (χ0n) is 10.1. The third-order valence-electron chi connectivity index (χ3n) is 3.44. The average molecular weight is 226 g/mol. The van der Waals surface area contributed by atoms with E-state index in [-0.39, 0.29) is 6.61 Å². The first-order chi connectivity index (χ1) is 7.70. The highest BCUT2D eigenvalue weighted by Gasteiger charge is 2.37. The molecule has 0 aliphatic rings. The van der Waals surface area contributed by atoms with Crippen LogP contribution in [0.5, 0.6) is 0 Å². The fourth-order valence-electron chi connectivity index (χ4n) is 2.06. The number of hydrogen-bond donors (Lipinski definition) is 2. The molecule has 0 aliphatic carbocycles. The monoisotopic (exact) mass is 226 g/mol. The zero-order chi connectivity index (χ0) is 12.0. The molecule has 2 unspecified atom stereocenters. The summed E-state index contributed by atoms with van der Waals surface area (Å²) >= 11 is 0. The van der Waals surface area contributed by atoms with Crippen LogP contribution in [0, 0.1) is 5.41 Å². The number of unbranched alkanes of at least 4 members (excludes halogenated alkanes) is 1. The van der Waals surface area contributed by atoms with E-state index in [4.69, 9.17) is 4.42 Å². The molecule has 2 atom stereocenters. The maximum absolute atomic E-state index is 10.3. The van der Waals surface area contributed by atoms with Gasteiger partial charge in [-0.1, -0.05) is 26.7 Å². The molecule has 92 valence electrons. The van der Waals surface area contributed by atoms with Gasteiger partial charge in [0.15, 0.2) is 0 Å². The maximum atomic E-state index is 10.3. The van der Waals surface area contributed by atoms with Crippen LogP contribution in [0.2, 0.25) is 0 Å². The highest BCUT2D eigenvalue weighted by Crippen LogP contribution is 2.41. The van der Waals surface area contributed by atoms with E-state index in [0.29, 0.717) is 5.76 Å². The zero-order valence-corrected chi connectivity index (χ0v) is 10.1. The number of furan rings is 1. The van der Waals surface area contributed by atoms with Gasteiger partial charge in [-0.05, 0) is 25.0 Å². The summed E-state index contributed by atoms with van der Waals surface area (Å²) in [5.74, 6) is 0.548. The first-order valence-corrected chi connectivity index (χ1v) is 6.02. The van der Waals surface area contributed by atoms with E-state index in [1.165, 1.54) is 0 Å². The van der Waals surface area contributed by atoms with E-state index < -0.39 is 11.5 Å². The summed E-state index contributed by atoms with van der Waals surface area (Å²) in [7, 11) is 0. The van der Waals surface area contributed by atoms with E-state index >= 15 is 0 Å². The Bertz CT molecular complexity index is 275. The normalized spacial score (nSPS) is 17.0. The lowest BCUT2D eigenvalue weighted by atomic mass is 9.75. The lowest BCUT2D eigenvalue weighted by Gasteiger charge is -2.34. The lowest BCUT2D eigenvalue weighted by Crippen LogP contribution is -2.32. The molecule has 0 spiro atoms. The molecule has 1 aromatic heterocycles. The van der Waals surface area contributed by atoms with E-state index in [9.17, 15) is 10.2 Å². The molecule has 3 heteroatoms. The third-order valence-corrected chi connectivity index (χ3v) is 3.44. The topological polar surface area (TPSA) is 53.6 Å². The van der Waals surface area contributed by atoms with Gasteiger partial charge in [-0.2, -0.15) is 0 Å². The molecule has 0 radical (unpaired) electrons. The van der Waals surface area contributed by atoms with Crippen molar-refractivity contribution < 1.29 is 14.6 Å². The van der Waals surface area contributed by atoms with Gasteiger partial charge < -0.3 is 14.6 Å². The van der Waals surface area contributed by atoms with E-state index in [2.05, 4.69) is 6.92 Å². The van der Waals surface area contributed by atoms with Crippen LogP contribution in [0.1, 0.15) is 51.4 Å². The Labute approximate surface area is 97.1 Å². The van der Waals surface area contributed by atoms with Gasteiger partial charge in [0.05, 0.1) is 12.9 Å². The van der Waals surface area contributed by atoms with Crippen LogP contribution < -0.4 is 0 Å². The summed E-state index contributed by atoms with van der Waals surface area (Å²) in [6.07, 6.45) is 4.46. The molecule has 0 aliphatic heterocycles. The standard InChI is InChI=1S/C13H22O3/c1-3-5-8-13(4-2,10-14)12(15)11-7-6-9-16-11/h6-7,9,12,14-15H,3-5,8,10H2,1-2H3. The van der Waals surface area contributed by atoms with Crippen molar-refractivity contribution in [2.24, 2.45) is 5.41 Å². The molecule has 0 amide bonds. The summed E-state index contributed by atoms with van der Waals surface area (Å²) in [4.78, 5) is 0. The third kappa shape index (κ3) is 2.66. The van der Waals surface area contributed by atoms with Gasteiger partial charge in [-0.25, -0.2) is 0 Å². The molecule has 0 aromatic carbocycles. The van der Waals surface area contributed by atoms with Gasteiger partial charge in [0.2, 0.25) is 0 Å². The predicted octanol–water partition coefficient (Wildman–Crippen LogP) is 2.89. The molecule has 2 N–H and O–H groups in total. The Morgan fingerprint density at radius 2 is 2.19 bits per heavy atom. The smallest absolute Gasteiger partial charge is 0.132 e. The molecule has 3 nitrogen and oxygen atoms in total. The highest BCUT2D eigenvalue weighted by atomic mass is 16.4. The summed E-state index contributed by atoms with van der Waals surface area (Å²) in [5.41, 5.74) is -0.464. The minimum Gasteiger partial charge on any atom is -0.467 e. The second-order valence-electron chi connectivity index (χ2n) is 4.40. The number of hydrogen-bond acceptors (Lipinski definition) is 3. The van der Waals surface area contributed by atoms with Crippen molar-refractivity contribution in [3.8, 4) is 0 Å². The average Bonchev–Trinajstić information content (AvgIpc) is 2.84. The Morgan fingerprint density at radius 1 is 1.44 bits per heavy atom. The first kappa shape index (κ1) is 13.3. The van der Waals surface area contributed by atoms with Crippen LogP contribution in [0.4, 0.5) is 0 Å².